The van der Waals surface area contributed by atoms with Crippen molar-refractivity contribution in [3.8, 4) is 5.75 Å². The standard InChI is InChI=1S/C20H32N2O.ClH/c1-4-6-14-22(15-7-5-2)20(21)18-12-13-19(23-3)17-11-9-8-10-16(17)18;/h12-13,21H,4-11,14-15H2,1-3H3;1H. The van der Waals surface area contributed by atoms with Gasteiger partial charge in [-0.3, -0.25) is 5.41 Å². The number of benzene rings is 1. The summed E-state index contributed by atoms with van der Waals surface area (Å²) < 4.78 is 5.55. The number of nitrogens with one attached hydrogen (secondary N) is 1. The van der Waals surface area contributed by atoms with Crippen molar-refractivity contribution in [3.63, 3.8) is 0 Å². The topological polar surface area (TPSA) is 36.3 Å². The first-order valence-electron chi connectivity index (χ1n) is 9.25. The molecule has 1 aromatic carbocycles. The first-order chi connectivity index (χ1) is 11.2. The van der Waals surface area contributed by atoms with Crippen LogP contribution in [0.25, 0.3) is 0 Å². The molecule has 0 amide bonds. The number of hydrogen-bond acceptors (Lipinski definition) is 2. The highest BCUT2D eigenvalue weighted by Gasteiger charge is 2.21. The zero-order chi connectivity index (χ0) is 16.7. The molecule has 136 valence electrons. The van der Waals surface area contributed by atoms with E-state index in [1.54, 1.807) is 7.11 Å². The first-order valence-corrected chi connectivity index (χ1v) is 9.25. The van der Waals surface area contributed by atoms with E-state index in [1.165, 1.54) is 36.8 Å². The molecule has 2 rings (SSSR count). The summed E-state index contributed by atoms with van der Waals surface area (Å²) in [4.78, 5) is 2.28. The van der Waals surface area contributed by atoms with E-state index in [-0.39, 0.29) is 12.4 Å². The first kappa shape index (κ1) is 20.8. The van der Waals surface area contributed by atoms with Gasteiger partial charge >= 0.3 is 0 Å². The van der Waals surface area contributed by atoms with E-state index in [1.807, 2.05) is 0 Å². The summed E-state index contributed by atoms with van der Waals surface area (Å²) >= 11 is 0. The summed E-state index contributed by atoms with van der Waals surface area (Å²) in [5.41, 5.74) is 3.83. The van der Waals surface area contributed by atoms with Crippen molar-refractivity contribution in [1.82, 2.24) is 4.90 Å². The van der Waals surface area contributed by atoms with Crippen molar-refractivity contribution >= 4 is 18.2 Å². The molecule has 0 saturated carbocycles. The Morgan fingerprint density at radius 3 is 2.17 bits per heavy atom. The second-order valence-electron chi connectivity index (χ2n) is 6.52. The molecule has 1 aliphatic rings. The summed E-state index contributed by atoms with van der Waals surface area (Å²) in [5.74, 6) is 1.72. The third kappa shape index (κ3) is 4.89. The van der Waals surface area contributed by atoms with E-state index in [2.05, 4.69) is 30.9 Å². The van der Waals surface area contributed by atoms with Crippen molar-refractivity contribution < 1.29 is 4.74 Å². The SMILES string of the molecule is CCCCN(CCCC)C(=N)c1ccc(OC)c2c1CCCC2.Cl. The van der Waals surface area contributed by atoms with Gasteiger partial charge in [-0.2, -0.15) is 0 Å². The maximum absolute atomic E-state index is 8.80. The molecule has 0 bridgehead atoms. The minimum Gasteiger partial charge on any atom is -0.496 e. The van der Waals surface area contributed by atoms with Crippen LogP contribution in [0.2, 0.25) is 0 Å². The number of ether oxygens (including phenoxy) is 1. The Morgan fingerprint density at radius 1 is 1.04 bits per heavy atom. The highest BCUT2D eigenvalue weighted by molar-refractivity contribution is 5.98. The number of unbranched alkanes of at least 4 members (excludes halogenated alkanes) is 2. The molecule has 1 aromatic rings. The summed E-state index contributed by atoms with van der Waals surface area (Å²) in [6.45, 7) is 6.43. The normalized spacial score (nSPS) is 13.0. The second-order valence-corrected chi connectivity index (χ2v) is 6.52. The third-order valence-electron chi connectivity index (χ3n) is 4.85. The van der Waals surface area contributed by atoms with Gasteiger partial charge in [0, 0.05) is 18.7 Å². The number of rotatable bonds is 8. The van der Waals surface area contributed by atoms with Crippen molar-refractivity contribution in [1.29, 1.82) is 5.41 Å². The van der Waals surface area contributed by atoms with Gasteiger partial charge < -0.3 is 9.64 Å². The van der Waals surface area contributed by atoms with Gasteiger partial charge in [0.15, 0.2) is 0 Å². The average Bonchev–Trinajstić information content (AvgIpc) is 2.60. The van der Waals surface area contributed by atoms with Gasteiger partial charge in [-0.15, -0.1) is 12.4 Å². The van der Waals surface area contributed by atoms with Crippen molar-refractivity contribution in [2.75, 3.05) is 20.2 Å². The predicted octanol–water partition coefficient (Wildman–Crippen LogP) is 5.22. The van der Waals surface area contributed by atoms with Crippen LogP contribution in [0.15, 0.2) is 12.1 Å². The Labute approximate surface area is 153 Å². The van der Waals surface area contributed by atoms with Crippen LogP contribution in [0.3, 0.4) is 0 Å². The molecule has 3 nitrogen and oxygen atoms in total. The van der Waals surface area contributed by atoms with Gasteiger partial charge in [0.25, 0.3) is 0 Å². The lowest BCUT2D eigenvalue weighted by atomic mass is 9.87. The van der Waals surface area contributed by atoms with Crippen LogP contribution in [0.4, 0.5) is 0 Å². The number of fused-ring (bicyclic) bond motifs is 1. The molecular formula is C20H33ClN2O. The van der Waals surface area contributed by atoms with Crippen LogP contribution in [0.5, 0.6) is 5.75 Å². The molecule has 24 heavy (non-hydrogen) atoms. The Bertz CT molecular complexity index is 523. The molecule has 0 heterocycles. The second kappa shape index (κ2) is 10.6. The van der Waals surface area contributed by atoms with Crippen molar-refractivity contribution in [3.05, 3.63) is 28.8 Å². The molecule has 1 aliphatic carbocycles. The highest BCUT2D eigenvalue weighted by Crippen LogP contribution is 2.32. The van der Waals surface area contributed by atoms with Crippen molar-refractivity contribution in [2.45, 2.75) is 65.2 Å². The Kier molecular flexibility index (Phi) is 9.20. The van der Waals surface area contributed by atoms with Gasteiger partial charge in [0.2, 0.25) is 0 Å². The van der Waals surface area contributed by atoms with Gasteiger partial charge in [0.1, 0.15) is 11.6 Å². The zero-order valence-electron chi connectivity index (χ0n) is 15.5. The fourth-order valence-corrected chi connectivity index (χ4v) is 3.45. The summed E-state index contributed by atoms with van der Waals surface area (Å²) in [5, 5.41) is 8.80. The fourth-order valence-electron chi connectivity index (χ4n) is 3.45. The van der Waals surface area contributed by atoms with Crippen LogP contribution < -0.4 is 4.74 Å². The van der Waals surface area contributed by atoms with E-state index in [4.69, 9.17) is 10.1 Å². The Hall–Kier alpha value is -1.22. The lowest BCUT2D eigenvalue weighted by molar-refractivity contribution is 0.395. The predicted molar refractivity (Wildman–Crippen MR) is 105 cm³/mol. The minimum atomic E-state index is 0. The monoisotopic (exact) mass is 352 g/mol. The van der Waals surface area contributed by atoms with Crippen LogP contribution in [0.1, 0.15) is 69.1 Å². The molecule has 0 atom stereocenters. The zero-order valence-corrected chi connectivity index (χ0v) is 16.3. The maximum Gasteiger partial charge on any atom is 0.128 e. The van der Waals surface area contributed by atoms with Crippen LogP contribution in [0, 0.1) is 5.41 Å². The molecule has 0 fully saturated rings. The Balaban J connectivity index is 0.00000288. The number of hydrogen-bond donors (Lipinski definition) is 1. The van der Waals surface area contributed by atoms with Gasteiger partial charge in [0.05, 0.1) is 7.11 Å². The van der Waals surface area contributed by atoms with Crippen molar-refractivity contribution in [2.24, 2.45) is 0 Å². The van der Waals surface area contributed by atoms with E-state index < -0.39 is 0 Å². The van der Waals surface area contributed by atoms with Crippen LogP contribution >= 0.6 is 12.4 Å². The summed E-state index contributed by atoms with van der Waals surface area (Å²) in [7, 11) is 1.75. The maximum atomic E-state index is 8.80. The van der Waals surface area contributed by atoms with Crippen LogP contribution in [-0.2, 0) is 12.8 Å². The molecule has 0 unspecified atom stereocenters. The minimum absolute atomic E-state index is 0. The summed E-state index contributed by atoms with van der Waals surface area (Å²) in [6.07, 6.45) is 9.30. The smallest absolute Gasteiger partial charge is 0.128 e. The molecular weight excluding hydrogens is 320 g/mol. The molecule has 0 radical (unpaired) electrons. The van der Waals surface area contributed by atoms with E-state index in [0.717, 1.165) is 50.1 Å². The molecule has 0 aromatic heterocycles. The fraction of sp³-hybridized carbons (Fsp3) is 0.650. The lowest BCUT2D eigenvalue weighted by Gasteiger charge is -2.29. The number of amidine groups is 1. The lowest BCUT2D eigenvalue weighted by Crippen LogP contribution is -2.34. The van der Waals surface area contributed by atoms with E-state index >= 15 is 0 Å². The van der Waals surface area contributed by atoms with E-state index in [9.17, 15) is 0 Å². The largest absolute Gasteiger partial charge is 0.496 e. The molecule has 4 heteroatoms. The van der Waals surface area contributed by atoms with Crippen LogP contribution in [-0.4, -0.2) is 30.9 Å². The molecule has 0 spiro atoms. The number of methoxy groups -OCH3 is 1. The average molecular weight is 353 g/mol. The Morgan fingerprint density at radius 2 is 1.62 bits per heavy atom. The molecule has 0 saturated heterocycles. The highest BCUT2D eigenvalue weighted by atomic mass is 35.5. The quantitative estimate of drug-likeness (QED) is 0.514. The van der Waals surface area contributed by atoms with Gasteiger partial charge in [-0.1, -0.05) is 26.7 Å². The molecule has 0 aliphatic heterocycles. The van der Waals surface area contributed by atoms with Gasteiger partial charge in [-0.05, 0) is 61.8 Å². The van der Waals surface area contributed by atoms with Gasteiger partial charge in [-0.25, -0.2) is 0 Å². The van der Waals surface area contributed by atoms with E-state index in [0.29, 0.717) is 5.84 Å². The number of nitrogens with zero attached hydrogens (tertiary/aromatic N) is 1. The number of halogens is 1. The molecule has 1 N–H and O–H groups in total. The third-order valence-corrected chi connectivity index (χ3v) is 4.85. The summed E-state index contributed by atoms with van der Waals surface area (Å²) in [6, 6.07) is 4.17.